The van der Waals surface area contributed by atoms with Crippen molar-refractivity contribution in [1.82, 2.24) is 4.98 Å². The fourth-order valence-electron chi connectivity index (χ4n) is 3.77. The second-order valence-electron chi connectivity index (χ2n) is 7.06. The molecule has 0 spiro atoms. The maximum Gasteiger partial charge on any atom is 0.0945 e. The summed E-state index contributed by atoms with van der Waals surface area (Å²) in [5.74, 6) is 0. The summed E-state index contributed by atoms with van der Waals surface area (Å²) in [5, 5.41) is 12.0. The molecule has 0 bridgehead atoms. The predicted octanol–water partition coefficient (Wildman–Crippen LogP) is 3.35. The standard InChI is InChI=1S/C17H24N2OS/c1-16(2)8-5-9-17(11-18,15(16)20)10-14-19-12-6-3-4-7-13(12)21-14/h3-4,6-7,15,20H,5,8-11,18H2,1-2H3. The van der Waals surface area contributed by atoms with Crippen molar-refractivity contribution in [2.24, 2.45) is 16.6 Å². The van der Waals surface area contributed by atoms with E-state index in [0.717, 1.165) is 36.2 Å². The van der Waals surface area contributed by atoms with Gasteiger partial charge in [-0.25, -0.2) is 4.98 Å². The summed E-state index contributed by atoms with van der Waals surface area (Å²) < 4.78 is 1.21. The van der Waals surface area contributed by atoms with Gasteiger partial charge < -0.3 is 10.8 Å². The molecule has 1 aromatic heterocycles. The Morgan fingerprint density at radius 2 is 2.10 bits per heavy atom. The Morgan fingerprint density at radius 1 is 1.33 bits per heavy atom. The van der Waals surface area contributed by atoms with Crippen LogP contribution in [0.1, 0.15) is 38.1 Å². The average Bonchev–Trinajstić information content (AvgIpc) is 2.86. The SMILES string of the molecule is CC1(C)CCCC(CN)(Cc2nc3ccccc3s2)C1O. The summed E-state index contributed by atoms with van der Waals surface area (Å²) in [5.41, 5.74) is 6.87. The molecule has 21 heavy (non-hydrogen) atoms. The van der Waals surface area contributed by atoms with Crippen LogP contribution in [-0.2, 0) is 6.42 Å². The predicted molar refractivity (Wildman–Crippen MR) is 88.5 cm³/mol. The van der Waals surface area contributed by atoms with Gasteiger partial charge in [-0.05, 0) is 30.4 Å². The number of nitrogens with zero attached hydrogens (tertiary/aromatic N) is 1. The first-order valence-electron chi connectivity index (χ1n) is 7.69. The first-order valence-corrected chi connectivity index (χ1v) is 8.51. The van der Waals surface area contributed by atoms with E-state index in [9.17, 15) is 5.11 Å². The number of aromatic nitrogens is 1. The first kappa shape index (κ1) is 14.9. The zero-order chi connectivity index (χ0) is 15.1. The van der Waals surface area contributed by atoms with Crippen molar-refractivity contribution in [1.29, 1.82) is 0 Å². The summed E-state index contributed by atoms with van der Waals surface area (Å²) >= 11 is 1.73. The average molecular weight is 304 g/mol. The number of thiazole rings is 1. The molecular formula is C17H24N2OS. The Labute approximate surface area is 130 Å². The molecule has 3 rings (SSSR count). The molecule has 0 amide bonds. The molecule has 1 aromatic carbocycles. The minimum Gasteiger partial charge on any atom is -0.392 e. The van der Waals surface area contributed by atoms with Gasteiger partial charge in [0.15, 0.2) is 0 Å². The van der Waals surface area contributed by atoms with Crippen LogP contribution in [0.4, 0.5) is 0 Å². The van der Waals surface area contributed by atoms with Crippen LogP contribution in [0.25, 0.3) is 10.2 Å². The number of para-hydroxylation sites is 1. The molecule has 0 aliphatic heterocycles. The van der Waals surface area contributed by atoms with Crippen molar-refractivity contribution in [3.63, 3.8) is 0 Å². The van der Waals surface area contributed by atoms with Gasteiger partial charge in [-0.1, -0.05) is 32.4 Å². The van der Waals surface area contributed by atoms with Crippen molar-refractivity contribution in [3.8, 4) is 0 Å². The summed E-state index contributed by atoms with van der Waals surface area (Å²) in [6.45, 7) is 4.83. The van der Waals surface area contributed by atoms with Crippen LogP contribution in [0.3, 0.4) is 0 Å². The van der Waals surface area contributed by atoms with E-state index in [4.69, 9.17) is 10.7 Å². The van der Waals surface area contributed by atoms with Crippen molar-refractivity contribution < 1.29 is 5.11 Å². The molecule has 1 heterocycles. The number of hydrogen-bond donors (Lipinski definition) is 2. The van der Waals surface area contributed by atoms with E-state index in [2.05, 4.69) is 19.9 Å². The lowest BCUT2D eigenvalue weighted by atomic mass is 9.60. The molecule has 0 saturated heterocycles. The van der Waals surface area contributed by atoms with Gasteiger partial charge in [-0.15, -0.1) is 11.3 Å². The highest BCUT2D eigenvalue weighted by Gasteiger charge is 2.48. The lowest BCUT2D eigenvalue weighted by Gasteiger charge is -2.49. The van der Waals surface area contributed by atoms with Gasteiger partial charge in [0.2, 0.25) is 0 Å². The highest BCUT2D eigenvalue weighted by Crippen LogP contribution is 2.48. The van der Waals surface area contributed by atoms with Gasteiger partial charge in [-0.2, -0.15) is 0 Å². The van der Waals surface area contributed by atoms with Crippen LogP contribution in [0.2, 0.25) is 0 Å². The number of hydrogen-bond acceptors (Lipinski definition) is 4. The van der Waals surface area contributed by atoms with Gasteiger partial charge in [0.1, 0.15) is 0 Å². The third-order valence-electron chi connectivity index (χ3n) is 5.06. The van der Waals surface area contributed by atoms with Crippen molar-refractivity contribution in [2.75, 3.05) is 6.54 Å². The summed E-state index contributed by atoms with van der Waals surface area (Å²) in [6.07, 6.45) is 3.61. The summed E-state index contributed by atoms with van der Waals surface area (Å²) in [4.78, 5) is 4.73. The highest BCUT2D eigenvalue weighted by molar-refractivity contribution is 7.18. The summed E-state index contributed by atoms with van der Waals surface area (Å²) in [6, 6.07) is 8.21. The van der Waals surface area contributed by atoms with E-state index in [0.29, 0.717) is 6.54 Å². The van der Waals surface area contributed by atoms with Gasteiger partial charge in [0, 0.05) is 18.4 Å². The first-order chi connectivity index (χ1) is 9.97. The Balaban J connectivity index is 1.92. The molecule has 2 unspecified atom stereocenters. The number of aliphatic hydroxyl groups excluding tert-OH is 1. The minimum atomic E-state index is -0.365. The number of fused-ring (bicyclic) bond motifs is 1. The quantitative estimate of drug-likeness (QED) is 0.914. The second kappa shape index (κ2) is 5.34. The van der Waals surface area contributed by atoms with E-state index in [-0.39, 0.29) is 16.9 Å². The lowest BCUT2D eigenvalue weighted by Crippen LogP contribution is -2.53. The molecular weight excluding hydrogens is 280 g/mol. The molecule has 2 aromatic rings. The van der Waals surface area contributed by atoms with Gasteiger partial charge in [0.05, 0.1) is 21.3 Å². The fourth-order valence-corrected chi connectivity index (χ4v) is 4.89. The normalized spacial score (nSPS) is 28.9. The Kier molecular flexibility index (Phi) is 3.80. The third kappa shape index (κ3) is 2.60. The Morgan fingerprint density at radius 3 is 2.81 bits per heavy atom. The zero-order valence-electron chi connectivity index (χ0n) is 12.8. The third-order valence-corrected chi connectivity index (χ3v) is 6.10. The topological polar surface area (TPSA) is 59.1 Å². The minimum absolute atomic E-state index is 0.0612. The zero-order valence-corrected chi connectivity index (χ0v) is 13.6. The number of benzene rings is 1. The van der Waals surface area contributed by atoms with Gasteiger partial charge >= 0.3 is 0 Å². The summed E-state index contributed by atoms with van der Waals surface area (Å²) in [7, 11) is 0. The van der Waals surface area contributed by atoms with Crippen LogP contribution >= 0.6 is 11.3 Å². The molecule has 1 aliphatic carbocycles. The molecule has 3 N–H and O–H groups in total. The fraction of sp³-hybridized carbons (Fsp3) is 0.588. The Hall–Kier alpha value is -0.970. The van der Waals surface area contributed by atoms with Crippen LogP contribution in [0.15, 0.2) is 24.3 Å². The van der Waals surface area contributed by atoms with Gasteiger partial charge in [0.25, 0.3) is 0 Å². The van der Waals surface area contributed by atoms with E-state index in [1.807, 2.05) is 18.2 Å². The van der Waals surface area contributed by atoms with E-state index in [1.165, 1.54) is 4.70 Å². The molecule has 1 aliphatic rings. The molecule has 4 heteroatoms. The largest absolute Gasteiger partial charge is 0.392 e. The molecule has 0 radical (unpaired) electrons. The molecule has 1 fully saturated rings. The number of rotatable bonds is 3. The molecule has 1 saturated carbocycles. The van der Waals surface area contributed by atoms with E-state index >= 15 is 0 Å². The maximum atomic E-state index is 10.9. The second-order valence-corrected chi connectivity index (χ2v) is 8.18. The monoisotopic (exact) mass is 304 g/mol. The molecule has 114 valence electrons. The van der Waals surface area contributed by atoms with Crippen LogP contribution < -0.4 is 5.73 Å². The van der Waals surface area contributed by atoms with Gasteiger partial charge in [-0.3, -0.25) is 0 Å². The smallest absolute Gasteiger partial charge is 0.0945 e. The van der Waals surface area contributed by atoms with Crippen LogP contribution in [0, 0.1) is 10.8 Å². The number of nitrogens with two attached hydrogens (primary N) is 1. The lowest BCUT2D eigenvalue weighted by molar-refractivity contribution is -0.0884. The molecule has 2 atom stereocenters. The Bertz CT molecular complexity index is 604. The van der Waals surface area contributed by atoms with Crippen molar-refractivity contribution >= 4 is 21.6 Å². The highest BCUT2D eigenvalue weighted by atomic mass is 32.1. The van der Waals surface area contributed by atoms with Crippen LogP contribution in [-0.4, -0.2) is 22.7 Å². The molecule has 3 nitrogen and oxygen atoms in total. The van der Waals surface area contributed by atoms with E-state index in [1.54, 1.807) is 11.3 Å². The number of aliphatic hydroxyl groups is 1. The van der Waals surface area contributed by atoms with E-state index < -0.39 is 0 Å². The van der Waals surface area contributed by atoms with Crippen molar-refractivity contribution in [3.05, 3.63) is 29.3 Å². The van der Waals surface area contributed by atoms with Crippen LogP contribution in [0.5, 0.6) is 0 Å². The van der Waals surface area contributed by atoms with Crippen molar-refractivity contribution in [2.45, 2.75) is 45.6 Å². The maximum absolute atomic E-state index is 10.9.